The van der Waals surface area contributed by atoms with E-state index < -0.39 is 5.60 Å². The van der Waals surface area contributed by atoms with Crippen LogP contribution in [0.2, 0.25) is 0 Å². The first kappa shape index (κ1) is 14.2. The Morgan fingerprint density at radius 2 is 1.91 bits per heavy atom. The maximum atomic E-state index is 11.1. The van der Waals surface area contributed by atoms with E-state index in [-0.39, 0.29) is 0 Å². The molecule has 22 heavy (non-hydrogen) atoms. The monoisotopic (exact) mass is 291 g/mol. The van der Waals surface area contributed by atoms with Crippen LogP contribution in [-0.4, -0.2) is 19.6 Å². The van der Waals surface area contributed by atoms with E-state index in [1.165, 1.54) is 0 Å². The van der Waals surface area contributed by atoms with Crippen LogP contribution in [0.4, 0.5) is 0 Å². The van der Waals surface area contributed by atoms with Crippen molar-refractivity contribution in [3.05, 3.63) is 90.8 Å². The summed E-state index contributed by atoms with van der Waals surface area (Å²) in [5.41, 5.74) is 0.636. The molecule has 3 aromatic rings. The highest BCUT2D eigenvalue weighted by molar-refractivity contribution is 5.51. The molecule has 2 heterocycles. The number of nitrogens with zero attached hydrogens (tertiary/aromatic N) is 3. The van der Waals surface area contributed by atoms with Crippen LogP contribution in [0.1, 0.15) is 11.1 Å². The Kier molecular flexibility index (Phi) is 4.12. The molecule has 0 aliphatic rings. The van der Waals surface area contributed by atoms with Gasteiger partial charge in [-0.25, -0.2) is 4.98 Å². The van der Waals surface area contributed by atoms with Crippen LogP contribution in [0.5, 0.6) is 0 Å². The summed E-state index contributed by atoms with van der Waals surface area (Å²) in [5, 5.41) is 11.1. The first-order chi connectivity index (χ1) is 10.8. The van der Waals surface area contributed by atoms with Gasteiger partial charge in [0.05, 0.1) is 12.9 Å². The van der Waals surface area contributed by atoms with Crippen LogP contribution in [0.15, 0.2) is 79.7 Å². The standard InChI is InChI=1S/C18H17N3O/c22-18(14-21-12-11-20-15-21,17-7-4-10-19-13-17)9-8-16-5-2-1-3-6-16/h1-13,15,22H,14H2/b9-8+/t18-/m0/s1. The highest BCUT2D eigenvalue weighted by Gasteiger charge is 2.26. The fraction of sp³-hybridized carbons (Fsp3) is 0.111. The van der Waals surface area contributed by atoms with E-state index in [0.29, 0.717) is 6.54 Å². The van der Waals surface area contributed by atoms with E-state index in [4.69, 9.17) is 0 Å². The molecule has 0 saturated heterocycles. The van der Waals surface area contributed by atoms with Crippen molar-refractivity contribution in [3.63, 3.8) is 0 Å². The fourth-order valence-electron chi connectivity index (χ4n) is 2.32. The van der Waals surface area contributed by atoms with Crippen molar-refractivity contribution in [1.29, 1.82) is 0 Å². The first-order valence-electron chi connectivity index (χ1n) is 7.09. The van der Waals surface area contributed by atoms with Gasteiger partial charge in [-0.3, -0.25) is 4.98 Å². The maximum Gasteiger partial charge on any atom is 0.127 e. The summed E-state index contributed by atoms with van der Waals surface area (Å²) in [6, 6.07) is 13.6. The summed E-state index contributed by atoms with van der Waals surface area (Å²) in [6.07, 6.45) is 12.3. The number of benzene rings is 1. The molecule has 110 valence electrons. The Morgan fingerprint density at radius 1 is 1.05 bits per heavy atom. The average Bonchev–Trinajstić information content (AvgIpc) is 3.08. The van der Waals surface area contributed by atoms with E-state index in [9.17, 15) is 5.11 Å². The lowest BCUT2D eigenvalue weighted by Crippen LogP contribution is -2.28. The van der Waals surface area contributed by atoms with Crippen LogP contribution in [0.25, 0.3) is 6.08 Å². The molecule has 0 fully saturated rings. The van der Waals surface area contributed by atoms with Gasteiger partial charge in [0.1, 0.15) is 5.60 Å². The van der Waals surface area contributed by atoms with Crippen LogP contribution < -0.4 is 0 Å². The van der Waals surface area contributed by atoms with Crippen molar-refractivity contribution < 1.29 is 5.11 Å². The molecule has 0 aliphatic heterocycles. The summed E-state index contributed by atoms with van der Waals surface area (Å²) in [6.45, 7) is 0.377. The molecule has 0 spiro atoms. The fourth-order valence-corrected chi connectivity index (χ4v) is 2.32. The summed E-state index contributed by atoms with van der Waals surface area (Å²) >= 11 is 0. The van der Waals surface area contributed by atoms with Crippen LogP contribution >= 0.6 is 0 Å². The zero-order chi connectivity index (χ0) is 15.3. The molecule has 0 radical (unpaired) electrons. The molecule has 1 atom stereocenters. The van der Waals surface area contributed by atoms with Gasteiger partial charge in [0.25, 0.3) is 0 Å². The smallest absolute Gasteiger partial charge is 0.127 e. The summed E-state index contributed by atoms with van der Waals surface area (Å²) < 4.78 is 1.85. The second kappa shape index (κ2) is 6.37. The molecular formula is C18H17N3O. The van der Waals surface area contributed by atoms with Gasteiger partial charge < -0.3 is 9.67 Å². The van der Waals surface area contributed by atoms with E-state index in [1.54, 1.807) is 31.0 Å². The second-order valence-electron chi connectivity index (χ2n) is 5.14. The Balaban J connectivity index is 1.94. The van der Waals surface area contributed by atoms with Crippen molar-refractivity contribution >= 4 is 6.08 Å². The third kappa shape index (κ3) is 3.30. The molecule has 4 heteroatoms. The van der Waals surface area contributed by atoms with Crippen molar-refractivity contribution in [2.24, 2.45) is 0 Å². The number of aromatic nitrogens is 3. The zero-order valence-corrected chi connectivity index (χ0v) is 12.1. The lowest BCUT2D eigenvalue weighted by molar-refractivity contribution is 0.0701. The Hall–Kier alpha value is -2.72. The minimum atomic E-state index is -1.15. The normalized spacial score (nSPS) is 14.0. The zero-order valence-electron chi connectivity index (χ0n) is 12.1. The van der Waals surface area contributed by atoms with E-state index in [0.717, 1.165) is 11.1 Å². The maximum absolute atomic E-state index is 11.1. The predicted molar refractivity (Wildman–Crippen MR) is 85.8 cm³/mol. The summed E-state index contributed by atoms with van der Waals surface area (Å²) in [5.74, 6) is 0. The minimum Gasteiger partial charge on any atom is -0.379 e. The first-order valence-corrected chi connectivity index (χ1v) is 7.09. The van der Waals surface area contributed by atoms with Crippen molar-refractivity contribution in [2.45, 2.75) is 12.1 Å². The largest absolute Gasteiger partial charge is 0.379 e. The lowest BCUT2D eigenvalue weighted by atomic mass is 9.93. The number of pyridine rings is 1. The van der Waals surface area contributed by atoms with Gasteiger partial charge in [0.15, 0.2) is 0 Å². The van der Waals surface area contributed by atoms with Gasteiger partial charge in [0.2, 0.25) is 0 Å². The van der Waals surface area contributed by atoms with E-state index in [2.05, 4.69) is 9.97 Å². The molecule has 3 rings (SSSR count). The van der Waals surface area contributed by atoms with Crippen LogP contribution in [0.3, 0.4) is 0 Å². The molecule has 0 unspecified atom stereocenters. The van der Waals surface area contributed by atoms with Gasteiger partial charge >= 0.3 is 0 Å². The topological polar surface area (TPSA) is 50.9 Å². The lowest BCUT2D eigenvalue weighted by Gasteiger charge is -2.25. The van der Waals surface area contributed by atoms with Gasteiger partial charge in [-0.15, -0.1) is 0 Å². The third-order valence-electron chi connectivity index (χ3n) is 3.50. The van der Waals surface area contributed by atoms with Gasteiger partial charge in [-0.2, -0.15) is 0 Å². The molecule has 0 amide bonds. The Labute approximate surface area is 129 Å². The molecule has 1 aromatic carbocycles. The molecule has 1 N–H and O–H groups in total. The van der Waals surface area contributed by atoms with Crippen molar-refractivity contribution in [2.75, 3.05) is 0 Å². The van der Waals surface area contributed by atoms with Crippen molar-refractivity contribution in [1.82, 2.24) is 14.5 Å². The molecule has 0 bridgehead atoms. The number of aliphatic hydroxyl groups is 1. The van der Waals surface area contributed by atoms with E-state index in [1.807, 2.05) is 59.3 Å². The quantitative estimate of drug-likeness (QED) is 0.786. The molecule has 4 nitrogen and oxygen atoms in total. The number of hydrogen-bond acceptors (Lipinski definition) is 3. The third-order valence-corrected chi connectivity index (χ3v) is 3.50. The second-order valence-corrected chi connectivity index (χ2v) is 5.14. The highest BCUT2D eigenvalue weighted by atomic mass is 16.3. The average molecular weight is 291 g/mol. The number of rotatable bonds is 5. The summed E-state index contributed by atoms with van der Waals surface area (Å²) in [4.78, 5) is 8.15. The molecule has 2 aromatic heterocycles. The number of imidazole rings is 1. The van der Waals surface area contributed by atoms with Crippen LogP contribution in [0, 0.1) is 0 Å². The SMILES string of the molecule is O[C@@](/C=C/c1ccccc1)(Cn1ccnc1)c1cccnc1. The van der Waals surface area contributed by atoms with Crippen LogP contribution in [-0.2, 0) is 12.1 Å². The summed E-state index contributed by atoms with van der Waals surface area (Å²) in [7, 11) is 0. The highest BCUT2D eigenvalue weighted by Crippen LogP contribution is 2.25. The molecule has 0 saturated carbocycles. The molecule has 0 aliphatic carbocycles. The minimum absolute atomic E-state index is 0.377. The van der Waals surface area contributed by atoms with Gasteiger partial charge in [0, 0.05) is 30.4 Å². The Bertz CT molecular complexity index is 724. The Morgan fingerprint density at radius 3 is 2.59 bits per heavy atom. The van der Waals surface area contributed by atoms with Gasteiger partial charge in [-0.1, -0.05) is 42.5 Å². The number of hydrogen-bond donors (Lipinski definition) is 1. The molecular weight excluding hydrogens is 274 g/mol. The van der Waals surface area contributed by atoms with E-state index >= 15 is 0 Å². The predicted octanol–water partition coefficient (Wildman–Crippen LogP) is 2.88. The van der Waals surface area contributed by atoms with Crippen molar-refractivity contribution in [3.8, 4) is 0 Å². The van der Waals surface area contributed by atoms with Gasteiger partial charge in [-0.05, 0) is 17.7 Å².